The van der Waals surface area contributed by atoms with Gasteiger partial charge in [0.25, 0.3) is 0 Å². The van der Waals surface area contributed by atoms with Crippen LogP contribution < -0.4 is 10.1 Å². The third-order valence-electron chi connectivity index (χ3n) is 5.85. The van der Waals surface area contributed by atoms with E-state index in [0.717, 1.165) is 6.92 Å². The Morgan fingerprint density at radius 2 is 2.00 bits per heavy atom. The molecule has 12 heteroatoms. The SMILES string of the molecule is COc1c(C(C)Nc2ncnc3nc[nH]c23)cc(Cl)c(Cl)c1C1CCN1C(C)C(F)(F)F. The normalized spacial score (nSPS) is 18.9. The summed E-state index contributed by atoms with van der Waals surface area (Å²) in [5, 5.41) is 3.71. The highest BCUT2D eigenvalue weighted by Gasteiger charge is 2.47. The fourth-order valence-corrected chi connectivity index (χ4v) is 4.51. The van der Waals surface area contributed by atoms with Crippen LogP contribution in [0.4, 0.5) is 19.0 Å². The minimum Gasteiger partial charge on any atom is -0.496 e. The lowest BCUT2D eigenvalue weighted by atomic mass is 9.89. The van der Waals surface area contributed by atoms with E-state index in [4.69, 9.17) is 27.9 Å². The number of hydrogen-bond donors (Lipinski definition) is 2. The molecule has 1 saturated heterocycles. The summed E-state index contributed by atoms with van der Waals surface area (Å²) >= 11 is 12.9. The number of ether oxygens (including phenoxy) is 1. The van der Waals surface area contributed by atoms with Crippen molar-refractivity contribution in [2.24, 2.45) is 0 Å². The molecule has 0 radical (unpaired) electrons. The van der Waals surface area contributed by atoms with E-state index in [1.54, 1.807) is 6.07 Å². The molecule has 0 amide bonds. The first-order chi connectivity index (χ1) is 15.1. The maximum absolute atomic E-state index is 13.4. The Morgan fingerprint density at radius 3 is 2.62 bits per heavy atom. The first kappa shape index (κ1) is 22.9. The summed E-state index contributed by atoms with van der Waals surface area (Å²) < 4.78 is 45.8. The highest BCUT2D eigenvalue weighted by atomic mass is 35.5. The molecule has 3 heterocycles. The molecule has 0 aliphatic carbocycles. The van der Waals surface area contributed by atoms with Crippen molar-refractivity contribution >= 4 is 40.2 Å². The van der Waals surface area contributed by atoms with Gasteiger partial charge in [-0.1, -0.05) is 23.2 Å². The summed E-state index contributed by atoms with van der Waals surface area (Å²) in [7, 11) is 1.47. The van der Waals surface area contributed by atoms with Crippen LogP contribution in [0.3, 0.4) is 0 Å². The molecule has 1 fully saturated rings. The number of anilines is 1. The molecule has 2 N–H and O–H groups in total. The fraction of sp³-hybridized carbons (Fsp3) is 0.450. The van der Waals surface area contributed by atoms with Crippen LogP contribution in [0, 0.1) is 0 Å². The van der Waals surface area contributed by atoms with Crippen LogP contribution in [-0.2, 0) is 0 Å². The Hall–Kier alpha value is -2.30. The van der Waals surface area contributed by atoms with E-state index < -0.39 is 18.3 Å². The molecule has 3 unspecified atom stereocenters. The van der Waals surface area contributed by atoms with Crippen molar-refractivity contribution in [3.05, 3.63) is 39.9 Å². The molecule has 0 spiro atoms. The van der Waals surface area contributed by atoms with Gasteiger partial charge in [0, 0.05) is 23.7 Å². The zero-order valence-corrected chi connectivity index (χ0v) is 19.0. The van der Waals surface area contributed by atoms with Crippen LogP contribution in [0.5, 0.6) is 5.75 Å². The number of aromatic amines is 1. The quantitative estimate of drug-likeness (QED) is 0.474. The molecule has 3 aromatic rings. The van der Waals surface area contributed by atoms with Gasteiger partial charge in [-0.3, -0.25) is 4.90 Å². The van der Waals surface area contributed by atoms with E-state index in [1.807, 2.05) is 6.92 Å². The number of fused-ring (bicyclic) bond motifs is 1. The fourth-order valence-electron chi connectivity index (χ4n) is 4.02. The Labute approximate surface area is 192 Å². The summed E-state index contributed by atoms with van der Waals surface area (Å²) in [6.45, 7) is 3.32. The van der Waals surface area contributed by atoms with Crippen molar-refractivity contribution in [1.29, 1.82) is 0 Å². The number of alkyl halides is 3. The van der Waals surface area contributed by atoms with Crippen molar-refractivity contribution in [2.45, 2.75) is 44.6 Å². The van der Waals surface area contributed by atoms with Crippen LogP contribution in [-0.4, -0.2) is 50.7 Å². The summed E-state index contributed by atoms with van der Waals surface area (Å²) in [5.74, 6) is 0.920. The van der Waals surface area contributed by atoms with Crippen LogP contribution in [0.1, 0.15) is 43.5 Å². The van der Waals surface area contributed by atoms with E-state index in [9.17, 15) is 13.2 Å². The second kappa shape index (κ2) is 8.57. The number of hydrogen-bond acceptors (Lipinski definition) is 6. The van der Waals surface area contributed by atoms with E-state index in [0.29, 0.717) is 46.8 Å². The number of imidazole rings is 1. The lowest BCUT2D eigenvalue weighted by molar-refractivity contribution is -0.198. The summed E-state index contributed by atoms with van der Waals surface area (Å²) in [6, 6.07) is -0.883. The number of halogens is 5. The van der Waals surface area contributed by atoms with Crippen LogP contribution in [0.2, 0.25) is 10.0 Å². The van der Waals surface area contributed by atoms with Gasteiger partial charge in [0.05, 0.1) is 29.5 Å². The zero-order valence-electron chi connectivity index (χ0n) is 17.5. The van der Waals surface area contributed by atoms with Crippen LogP contribution in [0.15, 0.2) is 18.7 Å². The lowest BCUT2D eigenvalue weighted by Gasteiger charge is -2.46. The molecule has 2 aromatic heterocycles. The van der Waals surface area contributed by atoms with Crippen LogP contribution >= 0.6 is 23.2 Å². The number of aromatic nitrogens is 4. The smallest absolute Gasteiger partial charge is 0.403 e. The van der Waals surface area contributed by atoms with Gasteiger partial charge in [0.2, 0.25) is 0 Å². The van der Waals surface area contributed by atoms with Crippen molar-refractivity contribution in [3.8, 4) is 5.75 Å². The predicted molar refractivity (Wildman–Crippen MR) is 116 cm³/mol. The molecule has 1 aliphatic heterocycles. The minimum absolute atomic E-state index is 0.196. The molecule has 1 aliphatic rings. The Balaban J connectivity index is 1.72. The van der Waals surface area contributed by atoms with Crippen LogP contribution in [0.25, 0.3) is 11.2 Å². The van der Waals surface area contributed by atoms with Crippen molar-refractivity contribution in [1.82, 2.24) is 24.8 Å². The molecule has 0 saturated carbocycles. The molecule has 7 nitrogen and oxygen atoms in total. The second-order valence-electron chi connectivity index (χ2n) is 7.66. The van der Waals surface area contributed by atoms with Gasteiger partial charge in [-0.2, -0.15) is 13.2 Å². The monoisotopic (exact) mass is 488 g/mol. The predicted octanol–water partition coefficient (Wildman–Crippen LogP) is 5.54. The number of benzene rings is 1. The van der Waals surface area contributed by atoms with Gasteiger partial charge in [0.15, 0.2) is 11.5 Å². The summed E-state index contributed by atoms with van der Waals surface area (Å²) in [4.78, 5) is 16.8. The zero-order chi connectivity index (χ0) is 23.2. The first-order valence-electron chi connectivity index (χ1n) is 9.92. The summed E-state index contributed by atoms with van der Waals surface area (Å²) in [6.07, 6.45) is -0.934. The number of likely N-dealkylation sites (tertiary alicyclic amines) is 1. The number of nitrogens with zero attached hydrogens (tertiary/aromatic N) is 4. The highest BCUT2D eigenvalue weighted by molar-refractivity contribution is 6.42. The van der Waals surface area contributed by atoms with Gasteiger partial charge in [-0.15, -0.1) is 0 Å². The average molecular weight is 489 g/mol. The van der Waals surface area contributed by atoms with Crippen molar-refractivity contribution < 1.29 is 17.9 Å². The molecule has 0 bridgehead atoms. The van der Waals surface area contributed by atoms with E-state index in [2.05, 4.69) is 25.3 Å². The van der Waals surface area contributed by atoms with Gasteiger partial charge in [-0.05, 0) is 26.3 Å². The Kier molecular flexibility index (Phi) is 6.12. The highest BCUT2D eigenvalue weighted by Crippen LogP contribution is 2.49. The molecular formula is C20H21Cl2F3N6O. The number of methoxy groups -OCH3 is 1. The number of rotatable bonds is 6. The Bertz CT molecular complexity index is 1140. The lowest BCUT2D eigenvalue weighted by Crippen LogP contribution is -2.52. The molecule has 3 atom stereocenters. The largest absolute Gasteiger partial charge is 0.496 e. The first-order valence-corrected chi connectivity index (χ1v) is 10.7. The van der Waals surface area contributed by atoms with Crippen molar-refractivity contribution in [2.75, 3.05) is 19.0 Å². The topological polar surface area (TPSA) is 79.0 Å². The van der Waals surface area contributed by atoms with Gasteiger partial charge in [-0.25, -0.2) is 15.0 Å². The van der Waals surface area contributed by atoms with Gasteiger partial charge < -0.3 is 15.0 Å². The maximum Gasteiger partial charge on any atom is 0.403 e. The molecule has 172 valence electrons. The summed E-state index contributed by atoms with van der Waals surface area (Å²) in [5.41, 5.74) is 2.24. The molecule has 32 heavy (non-hydrogen) atoms. The van der Waals surface area contributed by atoms with Crippen molar-refractivity contribution in [3.63, 3.8) is 0 Å². The van der Waals surface area contributed by atoms with E-state index >= 15 is 0 Å². The minimum atomic E-state index is -4.35. The van der Waals surface area contributed by atoms with Gasteiger partial charge in [0.1, 0.15) is 23.6 Å². The standard InChI is InChI=1S/C20H21Cl2F3N6O/c1-9(30-19-16-18(27-7-26-16)28-8-29-19)11-6-12(21)15(22)14(17(11)32-3)13-4-5-31(13)10(2)20(23,24)25/h6-10,13H,4-5H2,1-3H3,(H2,26,27,28,29,30). The third-order valence-corrected chi connectivity index (χ3v) is 6.65. The molecule has 1 aromatic carbocycles. The van der Waals surface area contributed by atoms with Gasteiger partial charge >= 0.3 is 6.18 Å². The van der Waals surface area contributed by atoms with E-state index in [1.165, 1.54) is 24.7 Å². The Morgan fingerprint density at radius 1 is 1.25 bits per heavy atom. The molecular weight excluding hydrogens is 468 g/mol. The molecule has 4 rings (SSSR count). The maximum atomic E-state index is 13.4. The van der Waals surface area contributed by atoms with E-state index in [-0.39, 0.29) is 16.1 Å². The number of H-pyrrole nitrogens is 1. The third kappa shape index (κ3) is 3.95. The second-order valence-corrected chi connectivity index (χ2v) is 8.44. The average Bonchev–Trinajstić information content (AvgIpc) is 3.19. The number of nitrogens with one attached hydrogen (secondary N) is 2.